The van der Waals surface area contributed by atoms with Gasteiger partial charge in [-0.2, -0.15) is 4.80 Å². The lowest BCUT2D eigenvalue weighted by Gasteiger charge is -2.12. The minimum atomic E-state index is -0.364. The molecule has 0 amide bonds. The van der Waals surface area contributed by atoms with Gasteiger partial charge in [-0.25, -0.2) is 9.36 Å². The first-order valence-electron chi connectivity index (χ1n) is 8.39. The largest absolute Gasteiger partial charge is 0.277 e. The molecular formula is C16H14N10O2. The second kappa shape index (κ2) is 6.95. The third kappa shape index (κ3) is 2.98. The van der Waals surface area contributed by atoms with Crippen LogP contribution >= 0.6 is 0 Å². The first-order chi connectivity index (χ1) is 13.6. The van der Waals surface area contributed by atoms with Crippen LogP contribution in [0.1, 0.15) is 19.4 Å². The van der Waals surface area contributed by atoms with E-state index in [1.807, 2.05) is 0 Å². The van der Waals surface area contributed by atoms with E-state index in [2.05, 4.69) is 42.0 Å². The Bertz CT molecular complexity index is 1320. The quantitative estimate of drug-likeness (QED) is 0.321. The van der Waals surface area contributed by atoms with Crippen LogP contribution in [0.15, 0.2) is 28.0 Å². The van der Waals surface area contributed by atoms with Gasteiger partial charge in [0.2, 0.25) is 0 Å². The first-order valence-corrected chi connectivity index (χ1v) is 8.39. The molecule has 1 atom stereocenters. The molecule has 4 rings (SSSR count). The Morgan fingerprint density at radius 1 is 1.07 bits per heavy atom. The van der Waals surface area contributed by atoms with Gasteiger partial charge in [0.1, 0.15) is 11.0 Å². The fourth-order valence-corrected chi connectivity index (χ4v) is 2.82. The molecule has 12 nitrogen and oxygen atoms in total. The molecule has 0 saturated carbocycles. The van der Waals surface area contributed by atoms with E-state index < -0.39 is 0 Å². The van der Waals surface area contributed by atoms with Crippen molar-refractivity contribution in [3.8, 4) is 12.3 Å². The smallest absolute Gasteiger partial charge is 0.267 e. The molecule has 0 N–H and O–H groups in total. The number of hydrogen-bond donors (Lipinski definition) is 0. The van der Waals surface area contributed by atoms with Gasteiger partial charge in [0.25, 0.3) is 11.1 Å². The van der Waals surface area contributed by atoms with E-state index >= 15 is 0 Å². The van der Waals surface area contributed by atoms with E-state index in [4.69, 9.17) is 6.42 Å². The van der Waals surface area contributed by atoms with Gasteiger partial charge < -0.3 is 0 Å². The summed E-state index contributed by atoms with van der Waals surface area (Å²) in [6.07, 6.45) is 6.90. The highest BCUT2D eigenvalue weighted by atomic mass is 16.1. The zero-order valence-electron chi connectivity index (χ0n) is 14.8. The molecule has 0 fully saturated rings. The van der Waals surface area contributed by atoms with Crippen LogP contribution in [0.5, 0.6) is 0 Å². The molecule has 1 aromatic carbocycles. The van der Waals surface area contributed by atoms with Crippen molar-refractivity contribution in [2.45, 2.75) is 32.5 Å². The van der Waals surface area contributed by atoms with Crippen LogP contribution < -0.4 is 11.1 Å². The van der Waals surface area contributed by atoms with E-state index in [1.165, 1.54) is 32.6 Å². The van der Waals surface area contributed by atoms with Crippen molar-refractivity contribution in [3.05, 3.63) is 39.2 Å². The summed E-state index contributed by atoms with van der Waals surface area (Å²) in [7, 11) is 0. The van der Waals surface area contributed by atoms with Crippen LogP contribution in [0.2, 0.25) is 0 Å². The second-order valence-electron chi connectivity index (χ2n) is 6.14. The lowest BCUT2D eigenvalue weighted by molar-refractivity contribution is 0.354. The molecule has 12 heteroatoms. The average Bonchev–Trinajstić information content (AvgIpc) is 3.20. The number of terminal acetylenes is 1. The average molecular weight is 378 g/mol. The van der Waals surface area contributed by atoms with Crippen LogP contribution in [0, 0.1) is 12.3 Å². The SMILES string of the molecule is C#CCCn1nnc2cc3c(=O)n([C@H](C)Cn4ncnn4)nnc3cc2c1=O. The molecule has 0 radical (unpaired) electrons. The topological polar surface area (TPSA) is 139 Å². The van der Waals surface area contributed by atoms with E-state index in [9.17, 15) is 9.59 Å². The Morgan fingerprint density at radius 2 is 1.79 bits per heavy atom. The molecule has 0 spiro atoms. The normalized spacial score (nSPS) is 12.3. The minimum Gasteiger partial charge on any atom is -0.267 e. The predicted molar refractivity (Wildman–Crippen MR) is 97.1 cm³/mol. The maximum absolute atomic E-state index is 12.9. The van der Waals surface area contributed by atoms with Gasteiger partial charge in [-0.3, -0.25) is 9.59 Å². The van der Waals surface area contributed by atoms with Crippen LogP contribution in [-0.4, -0.2) is 50.2 Å². The number of rotatable bonds is 5. The van der Waals surface area contributed by atoms with Crippen molar-refractivity contribution in [3.63, 3.8) is 0 Å². The Labute approximate surface area is 156 Å². The number of fused-ring (bicyclic) bond motifs is 2. The van der Waals surface area contributed by atoms with Crippen molar-refractivity contribution in [2.24, 2.45) is 0 Å². The van der Waals surface area contributed by atoms with Crippen molar-refractivity contribution >= 4 is 21.8 Å². The molecule has 4 aromatic rings. The number of aryl methyl sites for hydroxylation is 1. The number of benzene rings is 1. The highest BCUT2D eigenvalue weighted by molar-refractivity contribution is 5.93. The van der Waals surface area contributed by atoms with Gasteiger partial charge in [0, 0.05) is 6.42 Å². The summed E-state index contributed by atoms with van der Waals surface area (Å²) in [6.45, 7) is 2.35. The summed E-state index contributed by atoms with van der Waals surface area (Å²) in [5, 5.41) is 27.9. The Hall–Kier alpha value is -4.01. The van der Waals surface area contributed by atoms with Crippen molar-refractivity contribution < 1.29 is 0 Å². The van der Waals surface area contributed by atoms with E-state index in [0.29, 0.717) is 29.4 Å². The summed E-state index contributed by atoms with van der Waals surface area (Å²) < 4.78 is 2.43. The number of aromatic nitrogens is 10. The molecule has 0 bridgehead atoms. The summed E-state index contributed by atoms with van der Waals surface area (Å²) in [6, 6.07) is 2.63. The molecule has 3 heterocycles. The standard InChI is InChI=1S/C16H14N10O2/c1-3-4-5-24-15(27)11-6-14-12(7-13(11)19-22-24)16(28)26(23-20-14)10(2)8-25-18-9-17-21-25/h1,6-7,9-10H,4-5,8H2,2H3/t10-/m1/s1. The second-order valence-corrected chi connectivity index (χ2v) is 6.14. The van der Waals surface area contributed by atoms with Gasteiger partial charge in [0.15, 0.2) is 6.33 Å². The summed E-state index contributed by atoms with van der Waals surface area (Å²) >= 11 is 0. The maximum atomic E-state index is 12.9. The lowest BCUT2D eigenvalue weighted by atomic mass is 10.2. The Kier molecular flexibility index (Phi) is 4.32. The molecular weight excluding hydrogens is 364 g/mol. The number of nitrogens with zero attached hydrogens (tertiary/aromatic N) is 10. The fraction of sp³-hybridized carbons (Fsp3) is 0.312. The lowest BCUT2D eigenvalue weighted by Crippen LogP contribution is -2.30. The summed E-state index contributed by atoms with van der Waals surface area (Å²) in [5.41, 5.74) is -0.110. The van der Waals surface area contributed by atoms with Gasteiger partial charge in [-0.1, -0.05) is 10.4 Å². The Balaban J connectivity index is 1.80. The third-order valence-electron chi connectivity index (χ3n) is 4.23. The third-order valence-corrected chi connectivity index (χ3v) is 4.23. The van der Waals surface area contributed by atoms with Crippen LogP contribution in [0.4, 0.5) is 0 Å². The van der Waals surface area contributed by atoms with Crippen molar-refractivity contribution in [1.29, 1.82) is 0 Å². The van der Waals surface area contributed by atoms with Gasteiger partial charge >= 0.3 is 0 Å². The van der Waals surface area contributed by atoms with Crippen LogP contribution in [0.25, 0.3) is 21.8 Å². The molecule has 0 aliphatic carbocycles. The van der Waals surface area contributed by atoms with Crippen LogP contribution in [-0.2, 0) is 13.1 Å². The molecule has 140 valence electrons. The van der Waals surface area contributed by atoms with Crippen molar-refractivity contribution in [1.82, 2.24) is 50.2 Å². The van der Waals surface area contributed by atoms with Gasteiger partial charge in [-0.05, 0) is 24.3 Å². The molecule has 0 saturated heterocycles. The molecule has 28 heavy (non-hydrogen) atoms. The highest BCUT2D eigenvalue weighted by Gasteiger charge is 2.16. The van der Waals surface area contributed by atoms with Gasteiger partial charge in [-0.15, -0.1) is 32.7 Å². The first kappa shape index (κ1) is 17.4. The zero-order chi connectivity index (χ0) is 19.7. The van der Waals surface area contributed by atoms with E-state index in [1.54, 1.807) is 6.92 Å². The minimum absolute atomic E-state index is 0.261. The molecule has 0 aliphatic rings. The monoisotopic (exact) mass is 378 g/mol. The predicted octanol–water partition coefficient (Wildman–Crippen LogP) is -0.833. The maximum Gasteiger partial charge on any atom is 0.277 e. The zero-order valence-corrected chi connectivity index (χ0v) is 14.8. The van der Waals surface area contributed by atoms with Crippen LogP contribution in [0.3, 0.4) is 0 Å². The summed E-state index contributed by atoms with van der Waals surface area (Å²) in [4.78, 5) is 26.8. The summed E-state index contributed by atoms with van der Waals surface area (Å²) in [5.74, 6) is 2.45. The molecule has 0 aliphatic heterocycles. The van der Waals surface area contributed by atoms with E-state index in [0.717, 1.165) is 0 Å². The Morgan fingerprint density at radius 3 is 2.46 bits per heavy atom. The molecule has 0 unspecified atom stereocenters. The van der Waals surface area contributed by atoms with Crippen molar-refractivity contribution in [2.75, 3.05) is 0 Å². The number of tetrazole rings is 1. The van der Waals surface area contributed by atoms with Gasteiger partial charge in [0.05, 0.1) is 29.9 Å². The fourth-order valence-electron chi connectivity index (χ4n) is 2.82. The molecule has 3 aromatic heterocycles. The number of hydrogen-bond acceptors (Lipinski definition) is 9. The highest BCUT2D eigenvalue weighted by Crippen LogP contribution is 2.14. The van der Waals surface area contributed by atoms with E-state index in [-0.39, 0.29) is 29.1 Å².